The summed E-state index contributed by atoms with van der Waals surface area (Å²) in [4.78, 5) is 28.6. The highest BCUT2D eigenvalue weighted by atomic mass is 16.3. The average molecular weight is 316 g/mol. The second kappa shape index (κ2) is 6.00. The number of rotatable bonds is 3. The predicted octanol–water partition coefficient (Wildman–Crippen LogP) is 0.390. The Labute approximate surface area is 133 Å². The van der Waals surface area contributed by atoms with Crippen LogP contribution in [0, 0.1) is 19.8 Å². The number of nitrogens with one attached hydrogen (secondary N) is 2. The molecular weight excluding hydrogens is 296 g/mol. The van der Waals surface area contributed by atoms with Crippen molar-refractivity contribution in [1.29, 1.82) is 0 Å². The van der Waals surface area contributed by atoms with Crippen LogP contribution in [0.3, 0.4) is 0 Å². The van der Waals surface area contributed by atoms with E-state index in [4.69, 9.17) is 0 Å². The first kappa shape index (κ1) is 15.5. The first-order chi connectivity index (χ1) is 10.9. The summed E-state index contributed by atoms with van der Waals surface area (Å²) in [5.74, 6) is -0.316. The summed E-state index contributed by atoms with van der Waals surface area (Å²) >= 11 is 0. The molecule has 2 atom stereocenters. The van der Waals surface area contributed by atoms with Gasteiger partial charge in [0.05, 0.1) is 11.8 Å². The van der Waals surface area contributed by atoms with Gasteiger partial charge in [0.2, 0.25) is 0 Å². The minimum Gasteiger partial charge on any atom is -0.391 e. The number of pyridine rings is 1. The molecular formula is C16H20N4O3. The predicted molar refractivity (Wildman–Crippen MR) is 84.2 cm³/mol. The summed E-state index contributed by atoms with van der Waals surface area (Å²) in [6.45, 7) is 4.37. The van der Waals surface area contributed by atoms with Gasteiger partial charge in [-0.05, 0) is 26.3 Å². The largest absolute Gasteiger partial charge is 0.391 e. The van der Waals surface area contributed by atoms with Crippen LogP contribution in [0.2, 0.25) is 0 Å². The maximum Gasteiger partial charge on any atom is 0.270 e. The van der Waals surface area contributed by atoms with Crippen molar-refractivity contribution in [2.75, 3.05) is 13.1 Å². The normalized spacial score (nSPS) is 20.9. The highest BCUT2D eigenvalue weighted by molar-refractivity contribution is 5.92. The summed E-state index contributed by atoms with van der Waals surface area (Å²) in [6.07, 6.45) is 0.0204. The molecule has 23 heavy (non-hydrogen) atoms. The lowest BCUT2D eigenvalue weighted by molar-refractivity contribution is 0.0758. The summed E-state index contributed by atoms with van der Waals surface area (Å²) in [6, 6.07) is 4.68. The number of aromatic nitrogens is 3. The van der Waals surface area contributed by atoms with E-state index in [2.05, 4.69) is 15.2 Å². The number of β-amino-alcohol motifs (C(OH)–C–C–N with tert-alkyl or cyclic N) is 1. The van der Waals surface area contributed by atoms with Crippen LogP contribution in [-0.4, -0.2) is 50.3 Å². The molecule has 2 aromatic heterocycles. The molecule has 3 rings (SSSR count). The van der Waals surface area contributed by atoms with E-state index < -0.39 is 6.10 Å². The molecule has 3 heterocycles. The number of H-pyrrole nitrogens is 2. The number of nitrogens with zero attached hydrogens (tertiary/aromatic N) is 2. The van der Waals surface area contributed by atoms with E-state index >= 15 is 0 Å². The van der Waals surface area contributed by atoms with Crippen LogP contribution in [-0.2, 0) is 6.42 Å². The van der Waals surface area contributed by atoms with Gasteiger partial charge < -0.3 is 15.0 Å². The van der Waals surface area contributed by atoms with E-state index in [9.17, 15) is 14.7 Å². The first-order valence-electron chi connectivity index (χ1n) is 7.61. The molecule has 1 saturated heterocycles. The molecule has 0 bridgehead atoms. The van der Waals surface area contributed by atoms with Crippen LogP contribution in [0.15, 0.2) is 23.0 Å². The topological polar surface area (TPSA) is 102 Å². The van der Waals surface area contributed by atoms with Gasteiger partial charge in [0.1, 0.15) is 5.69 Å². The van der Waals surface area contributed by atoms with Gasteiger partial charge >= 0.3 is 0 Å². The Bertz CT molecular complexity index is 780. The van der Waals surface area contributed by atoms with Crippen molar-refractivity contribution in [3.05, 3.63) is 51.2 Å². The summed E-state index contributed by atoms with van der Waals surface area (Å²) in [5.41, 5.74) is 2.55. The van der Waals surface area contributed by atoms with Crippen molar-refractivity contribution in [3.8, 4) is 0 Å². The second-order valence-electron chi connectivity index (χ2n) is 6.20. The zero-order valence-corrected chi connectivity index (χ0v) is 13.2. The maximum atomic E-state index is 12.5. The fourth-order valence-electron chi connectivity index (χ4n) is 3.04. The Morgan fingerprint density at radius 1 is 1.30 bits per heavy atom. The number of hydrogen-bond acceptors (Lipinski definition) is 4. The van der Waals surface area contributed by atoms with Gasteiger partial charge in [0.25, 0.3) is 5.91 Å². The van der Waals surface area contributed by atoms with E-state index in [1.807, 2.05) is 13.0 Å². The molecule has 7 heteroatoms. The van der Waals surface area contributed by atoms with Gasteiger partial charge in [-0.25, -0.2) is 0 Å². The maximum absolute atomic E-state index is 12.5. The van der Waals surface area contributed by atoms with Crippen molar-refractivity contribution in [2.45, 2.75) is 26.4 Å². The lowest BCUT2D eigenvalue weighted by atomic mass is 10.0. The lowest BCUT2D eigenvalue weighted by Crippen LogP contribution is -2.31. The summed E-state index contributed by atoms with van der Waals surface area (Å²) < 4.78 is 0. The van der Waals surface area contributed by atoms with Crippen LogP contribution < -0.4 is 5.43 Å². The van der Waals surface area contributed by atoms with Gasteiger partial charge in [-0.3, -0.25) is 14.7 Å². The molecule has 1 fully saturated rings. The average Bonchev–Trinajstić information content (AvgIpc) is 3.04. The van der Waals surface area contributed by atoms with Gasteiger partial charge in [0.15, 0.2) is 5.43 Å². The van der Waals surface area contributed by atoms with E-state index in [0.717, 1.165) is 11.4 Å². The molecule has 0 saturated carbocycles. The number of aliphatic hydroxyl groups is 1. The number of aromatic amines is 2. The van der Waals surface area contributed by atoms with E-state index in [-0.39, 0.29) is 29.5 Å². The van der Waals surface area contributed by atoms with Crippen LogP contribution in [0.1, 0.15) is 27.6 Å². The highest BCUT2D eigenvalue weighted by Gasteiger charge is 2.35. The van der Waals surface area contributed by atoms with Crippen LogP contribution in [0.25, 0.3) is 0 Å². The van der Waals surface area contributed by atoms with Crippen LogP contribution in [0.5, 0.6) is 0 Å². The van der Waals surface area contributed by atoms with Gasteiger partial charge in [-0.2, -0.15) is 5.10 Å². The van der Waals surface area contributed by atoms with Crippen LogP contribution in [0.4, 0.5) is 0 Å². The second-order valence-corrected chi connectivity index (χ2v) is 6.20. The van der Waals surface area contributed by atoms with E-state index in [0.29, 0.717) is 18.7 Å². The number of aryl methyl sites for hydroxylation is 2. The van der Waals surface area contributed by atoms with Crippen molar-refractivity contribution in [1.82, 2.24) is 20.1 Å². The molecule has 7 nitrogen and oxygen atoms in total. The molecule has 1 aliphatic rings. The lowest BCUT2D eigenvalue weighted by Gasteiger charge is -2.16. The van der Waals surface area contributed by atoms with Crippen molar-refractivity contribution in [2.24, 2.45) is 5.92 Å². The number of amides is 1. The zero-order chi connectivity index (χ0) is 16.6. The number of hydrogen-bond donors (Lipinski definition) is 3. The highest BCUT2D eigenvalue weighted by Crippen LogP contribution is 2.22. The van der Waals surface area contributed by atoms with Crippen molar-refractivity contribution >= 4 is 5.91 Å². The smallest absolute Gasteiger partial charge is 0.270 e. The quantitative estimate of drug-likeness (QED) is 0.762. The number of likely N-dealkylation sites (tertiary alicyclic amines) is 1. The molecule has 2 aromatic rings. The van der Waals surface area contributed by atoms with Crippen LogP contribution >= 0.6 is 0 Å². The molecule has 0 radical (unpaired) electrons. The number of carbonyl (C=O) groups excluding carboxylic acids is 1. The minimum absolute atomic E-state index is 0.0572. The number of carbonyl (C=O) groups is 1. The molecule has 3 N–H and O–H groups in total. The molecule has 1 amide bonds. The third-order valence-electron chi connectivity index (χ3n) is 4.13. The summed E-state index contributed by atoms with van der Waals surface area (Å²) in [7, 11) is 0. The number of aliphatic hydroxyl groups excluding tert-OH is 1. The van der Waals surface area contributed by atoms with E-state index in [1.165, 1.54) is 12.1 Å². The Morgan fingerprint density at radius 2 is 2.09 bits per heavy atom. The van der Waals surface area contributed by atoms with Crippen molar-refractivity contribution < 1.29 is 9.90 Å². The molecule has 122 valence electrons. The fraction of sp³-hybridized carbons (Fsp3) is 0.438. The Hall–Kier alpha value is -2.41. The Balaban J connectivity index is 1.72. The molecule has 0 unspecified atom stereocenters. The Kier molecular flexibility index (Phi) is 4.04. The monoisotopic (exact) mass is 316 g/mol. The Morgan fingerprint density at radius 3 is 2.74 bits per heavy atom. The van der Waals surface area contributed by atoms with Gasteiger partial charge in [-0.15, -0.1) is 0 Å². The van der Waals surface area contributed by atoms with Gasteiger partial charge in [-0.1, -0.05) is 0 Å². The molecule has 0 aliphatic carbocycles. The SMILES string of the molecule is Cc1cc(C[C@@H]2CN(C(=O)c3cc(=O)cc(C)[nH]3)C[C@H]2O)n[nH]1. The third-order valence-corrected chi connectivity index (χ3v) is 4.13. The molecule has 0 aromatic carbocycles. The van der Waals surface area contributed by atoms with Gasteiger partial charge in [0, 0.05) is 42.5 Å². The molecule has 0 spiro atoms. The standard InChI is InChI=1S/C16H20N4O3/c1-9-4-13(21)6-14(17-9)16(23)20-7-11(15(22)8-20)5-12-3-10(2)18-19-12/h3-4,6,11,15,22H,5,7-8H2,1-2H3,(H,17,21)(H,18,19)/t11-,15-/m1/s1. The van der Waals surface area contributed by atoms with E-state index in [1.54, 1.807) is 11.8 Å². The fourth-order valence-corrected chi connectivity index (χ4v) is 3.04. The third kappa shape index (κ3) is 3.34. The van der Waals surface area contributed by atoms with Crippen molar-refractivity contribution in [3.63, 3.8) is 0 Å². The molecule has 1 aliphatic heterocycles. The first-order valence-corrected chi connectivity index (χ1v) is 7.61. The minimum atomic E-state index is -0.590. The summed E-state index contributed by atoms with van der Waals surface area (Å²) in [5, 5.41) is 17.3. The zero-order valence-electron chi connectivity index (χ0n) is 13.2.